The second kappa shape index (κ2) is 5.52. The number of rotatable bonds is 5. The Morgan fingerprint density at radius 2 is 2.29 bits per heavy atom. The molecule has 1 aromatic rings. The Kier molecular flexibility index (Phi) is 4.03. The molecule has 0 aliphatic heterocycles. The minimum Gasteiger partial charge on any atom is -0.492 e. The molecule has 0 amide bonds. The van der Waals surface area contributed by atoms with Crippen molar-refractivity contribution >= 4 is 15.9 Å². The summed E-state index contributed by atoms with van der Waals surface area (Å²) in [7, 11) is 2.13. The number of nitrogens with zero attached hydrogens (tertiary/aromatic N) is 2. The van der Waals surface area contributed by atoms with Gasteiger partial charge in [0.05, 0.1) is 5.56 Å². The van der Waals surface area contributed by atoms with Crippen LogP contribution in [0.25, 0.3) is 0 Å². The minimum absolute atomic E-state index is 0.632. The zero-order valence-corrected chi connectivity index (χ0v) is 11.4. The van der Waals surface area contributed by atoms with Gasteiger partial charge in [-0.05, 0) is 54.0 Å². The first-order chi connectivity index (χ1) is 8.20. The Hall–Kier alpha value is -1.05. The normalized spacial score (nSPS) is 14.7. The van der Waals surface area contributed by atoms with E-state index in [2.05, 4.69) is 33.9 Å². The maximum Gasteiger partial charge on any atom is 0.120 e. The van der Waals surface area contributed by atoms with Gasteiger partial charge in [-0.25, -0.2) is 0 Å². The van der Waals surface area contributed by atoms with Crippen LogP contribution in [0.4, 0.5) is 0 Å². The average Bonchev–Trinajstić information content (AvgIpc) is 3.13. The predicted molar refractivity (Wildman–Crippen MR) is 70.0 cm³/mol. The van der Waals surface area contributed by atoms with E-state index in [1.807, 2.05) is 12.1 Å². The fourth-order valence-corrected chi connectivity index (χ4v) is 2.13. The zero-order valence-electron chi connectivity index (χ0n) is 9.82. The number of nitriles is 1. The van der Waals surface area contributed by atoms with Crippen molar-refractivity contribution in [1.82, 2.24) is 4.90 Å². The molecular weight excluding hydrogens is 280 g/mol. The zero-order chi connectivity index (χ0) is 12.3. The van der Waals surface area contributed by atoms with Gasteiger partial charge in [0.25, 0.3) is 0 Å². The first-order valence-corrected chi connectivity index (χ1v) is 6.52. The largest absolute Gasteiger partial charge is 0.492 e. The van der Waals surface area contributed by atoms with Crippen LogP contribution in [0.1, 0.15) is 18.4 Å². The van der Waals surface area contributed by atoms with E-state index < -0.39 is 0 Å². The number of hydrogen-bond donors (Lipinski definition) is 0. The quantitative estimate of drug-likeness (QED) is 0.838. The van der Waals surface area contributed by atoms with Gasteiger partial charge in [-0.2, -0.15) is 5.26 Å². The Bertz CT molecular complexity index is 438. The molecule has 3 nitrogen and oxygen atoms in total. The van der Waals surface area contributed by atoms with E-state index in [4.69, 9.17) is 10.00 Å². The molecule has 1 fully saturated rings. The molecule has 1 aliphatic carbocycles. The molecule has 17 heavy (non-hydrogen) atoms. The lowest BCUT2D eigenvalue weighted by Gasteiger charge is -2.15. The summed E-state index contributed by atoms with van der Waals surface area (Å²) in [5, 5.41) is 8.80. The summed E-state index contributed by atoms with van der Waals surface area (Å²) in [6, 6.07) is 8.32. The van der Waals surface area contributed by atoms with Crippen LogP contribution < -0.4 is 4.74 Å². The molecule has 0 bridgehead atoms. The third-order valence-electron chi connectivity index (χ3n) is 2.94. The van der Waals surface area contributed by atoms with Crippen LogP contribution in [-0.4, -0.2) is 31.1 Å². The monoisotopic (exact) mass is 294 g/mol. The number of ether oxygens (including phenoxy) is 1. The summed E-state index contributed by atoms with van der Waals surface area (Å²) in [4.78, 5) is 2.33. The molecule has 1 aromatic carbocycles. The number of halogens is 1. The van der Waals surface area contributed by atoms with E-state index >= 15 is 0 Å². The number of hydrogen-bond acceptors (Lipinski definition) is 3. The lowest BCUT2D eigenvalue weighted by molar-refractivity contribution is 0.232. The molecule has 0 unspecified atom stereocenters. The summed E-state index contributed by atoms with van der Waals surface area (Å²) < 4.78 is 6.44. The van der Waals surface area contributed by atoms with Crippen LogP contribution in [-0.2, 0) is 0 Å². The summed E-state index contributed by atoms with van der Waals surface area (Å²) >= 11 is 3.35. The van der Waals surface area contributed by atoms with Gasteiger partial charge in [-0.15, -0.1) is 0 Å². The van der Waals surface area contributed by atoms with Crippen molar-refractivity contribution in [3.63, 3.8) is 0 Å². The van der Waals surface area contributed by atoms with E-state index in [0.29, 0.717) is 12.2 Å². The van der Waals surface area contributed by atoms with Gasteiger partial charge >= 0.3 is 0 Å². The lowest BCUT2D eigenvalue weighted by atomic mass is 10.2. The van der Waals surface area contributed by atoms with Crippen molar-refractivity contribution in [3.05, 3.63) is 28.2 Å². The first-order valence-electron chi connectivity index (χ1n) is 5.73. The fourth-order valence-electron chi connectivity index (χ4n) is 1.68. The fraction of sp³-hybridized carbons (Fsp3) is 0.462. The Labute approximate surface area is 110 Å². The molecule has 1 aliphatic rings. The second-order valence-corrected chi connectivity index (χ2v) is 5.17. The van der Waals surface area contributed by atoms with E-state index in [1.165, 1.54) is 12.8 Å². The van der Waals surface area contributed by atoms with Crippen LogP contribution in [0.3, 0.4) is 0 Å². The molecule has 4 heteroatoms. The van der Waals surface area contributed by atoms with Gasteiger partial charge in [-0.3, -0.25) is 0 Å². The molecule has 0 saturated heterocycles. The maximum absolute atomic E-state index is 8.80. The van der Waals surface area contributed by atoms with Gasteiger partial charge in [0, 0.05) is 17.1 Å². The van der Waals surface area contributed by atoms with Crippen LogP contribution in [0, 0.1) is 11.3 Å². The Morgan fingerprint density at radius 3 is 2.88 bits per heavy atom. The van der Waals surface area contributed by atoms with Crippen molar-refractivity contribution in [2.24, 2.45) is 0 Å². The number of benzene rings is 1. The smallest absolute Gasteiger partial charge is 0.120 e. The highest BCUT2D eigenvalue weighted by Gasteiger charge is 2.25. The Morgan fingerprint density at radius 1 is 1.53 bits per heavy atom. The second-order valence-electron chi connectivity index (χ2n) is 4.31. The van der Waals surface area contributed by atoms with Crippen LogP contribution in [0.15, 0.2) is 22.7 Å². The lowest BCUT2D eigenvalue weighted by Crippen LogP contribution is -2.26. The van der Waals surface area contributed by atoms with E-state index in [9.17, 15) is 0 Å². The molecule has 0 N–H and O–H groups in total. The van der Waals surface area contributed by atoms with Crippen molar-refractivity contribution in [2.75, 3.05) is 20.2 Å². The summed E-state index contributed by atoms with van der Waals surface area (Å²) in [6.45, 7) is 1.63. The van der Waals surface area contributed by atoms with Gasteiger partial charge in [0.1, 0.15) is 18.4 Å². The van der Waals surface area contributed by atoms with Crippen molar-refractivity contribution in [2.45, 2.75) is 18.9 Å². The minimum atomic E-state index is 0.632. The highest BCUT2D eigenvalue weighted by molar-refractivity contribution is 9.10. The topological polar surface area (TPSA) is 36.3 Å². The predicted octanol–water partition coefficient (Wildman–Crippen LogP) is 2.79. The maximum atomic E-state index is 8.80. The summed E-state index contributed by atoms with van der Waals surface area (Å²) in [5.41, 5.74) is 0.632. The molecule has 0 atom stereocenters. The molecule has 0 heterocycles. The van der Waals surface area contributed by atoms with Crippen LogP contribution >= 0.6 is 15.9 Å². The third-order valence-corrected chi connectivity index (χ3v) is 3.60. The van der Waals surface area contributed by atoms with Gasteiger partial charge in [0.15, 0.2) is 0 Å². The summed E-state index contributed by atoms with van der Waals surface area (Å²) in [6.07, 6.45) is 2.64. The molecule has 0 aromatic heterocycles. The van der Waals surface area contributed by atoms with Crippen LogP contribution in [0.5, 0.6) is 5.75 Å². The highest BCUT2D eigenvalue weighted by Crippen LogP contribution is 2.25. The van der Waals surface area contributed by atoms with Crippen molar-refractivity contribution < 1.29 is 4.74 Å². The van der Waals surface area contributed by atoms with E-state index in [1.54, 1.807) is 6.07 Å². The van der Waals surface area contributed by atoms with E-state index in [0.717, 1.165) is 22.8 Å². The molecule has 90 valence electrons. The molecule has 2 rings (SSSR count). The van der Waals surface area contributed by atoms with Gasteiger partial charge < -0.3 is 9.64 Å². The van der Waals surface area contributed by atoms with Crippen LogP contribution in [0.2, 0.25) is 0 Å². The van der Waals surface area contributed by atoms with E-state index in [-0.39, 0.29) is 0 Å². The standard InChI is InChI=1S/C13H15BrN2O/c1-16(11-3-4-11)6-7-17-12-5-2-10(9-15)13(14)8-12/h2,5,8,11H,3-4,6-7H2,1H3. The van der Waals surface area contributed by atoms with Crippen molar-refractivity contribution in [1.29, 1.82) is 5.26 Å². The molecule has 0 radical (unpaired) electrons. The Balaban J connectivity index is 1.82. The molecule has 0 spiro atoms. The number of likely N-dealkylation sites (N-methyl/N-ethyl adjacent to an activating group) is 1. The SMILES string of the molecule is CN(CCOc1ccc(C#N)c(Br)c1)C1CC1. The first kappa shape index (κ1) is 12.4. The van der Waals surface area contributed by atoms with Gasteiger partial charge in [0.2, 0.25) is 0 Å². The molecular formula is C13H15BrN2O. The average molecular weight is 295 g/mol. The summed E-state index contributed by atoms with van der Waals surface area (Å²) in [5.74, 6) is 0.806. The van der Waals surface area contributed by atoms with Crippen molar-refractivity contribution in [3.8, 4) is 11.8 Å². The van der Waals surface area contributed by atoms with Gasteiger partial charge in [-0.1, -0.05) is 0 Å². The third kappa shape index (κ3) is 3.45. The highest BCUT2D eigenvalue weighted by atomic mass is 79.9. The molecule has 1 saturated carbocycles.